The number of anilines is 1. The number of thioether (sulfide) groups is 1. The van der Waals surface area contributed by atoms with E-state index < -0.39 is 0 Å². The summed E-state index contributed by atoms with van der Waals surface area (Å²) in [6, 6.07) is 10.6. The van der Waals surface area contributed by atoms with E-state index in [0.717, 1.165) is 22.4 Å². The minimum atomic E-state index is -0.337. The zero-order valence-corrected chi connectivity index (χ0v) is 15.2. The van der Waals surface area contributed by atoms with Gasteiger partial charge in [-0.2, -0.15) is 0 Å². The largest absolute Gasteiger partial charge is 0.490 e. The Kier molecular flexibility index (Phi) is 6.45. The zero-order chi connectivity index (χ0) is 16.6. The Morgan fingerprint density at radius 1 is 1.17 bits per heavy atom. The maximum atomic E-state index is 13.4. The lowest BCUT2D eigenvalue weighted by Crippen LogP contribution is -2.03. The van der Waals surface area contributed by atoms with Crippen molar-refractivity contribution < 1.29 is 9.13 Å². The van der Waals surface area contributed by atoms with Crippen LogP contribution in [-0.4, -0.2) is 29.1 Å². The molecule has 0 fully saturated rings. The number of hydrogen-bond donors (Lipinski definition) is 1. The Morgan fingerprint density at radius 3 is 2.92 bits per heavy atom. The number of nitrogens with zero attached hydrogens (tertiary/aromatic N) is 2. The standard InChI is InChI=1S/C16H16FN3OS3/c17-13-5-1-2-6-14(13)21-9-11-23-16-20-19-15(24-16)18-8-7-12-4-3-10-22-12/h1-6,10H,7-9,11H2,(H,18,19). The number of halogens is 1. The van der Waals surface area contributed by atoms with Crippen LogP contribution < -0.4 is 10.1 Å². The van der Waals surface area contributed by atoms with Gasteiger partial charge >= 0.3 is 0 Å². The summed E-state index contributed by atoms with van der Waals surface area (Å²) in [5.74, 6) is 0.639. The number of rotatable bonds is 9. The number of para-hydroxylation sites is 1. The highest BCUT2D eigenvalue weighted by molar-refractivity contribution is 8.01. The lowest BCUT2D eigenvalue weighted by molar-refractivity contribution is 0.325. The average Bonchev–Trinajstić information content (AvgIpc) is 3.25. The number of nitrogens with one attached hydrogen (secondary N) is 1. The van der Waals surface area contributed by atoms with Gasteiger partial charge < -0.3 is 10.1 Å². The van der Waals surface area contributed by atoms with Gasteiger partial charge in [0.05, 0.1) is 6.61 Å². The highest BCUT2D eigenvalue weighted by Gasteiger charge is 2.06. The smallest absolute Gasteiger partial charge is 0.206 e. The maximum absolute atomic E-state index is 13.4. The van der Waals surface area contributed by atoms with Gasteiger partial charge in [-0.15, -0.1) is 21.5 Å². The molecular weight excluding hydrogens is 365 g/mol. The summed E-state index contributed by atoms with van der Waals surface area (Å²) in [5.41, 5.74) is 0. The van der Waals surface area contributed by atoms with Gasteiger partial charge in [-0.25, -0.2) is 4.39 Å². The van der Waals surface area contributed by atoms with Crippen LogP contribution in [0.2, 0.25) is 0 Å². The third kappa shape index (κ3) is 5.19. The highest BCUT2D eigenvalue weighted by Crippen LogP contribution is 2.25. The molecule has 0 aliphatic rings. The predicted octanol–water partition coefficient (Wildman–Crippen LogP) is 4.56. The third-order valence-electron chi connectivity index (χ3n) is 3.04. The third-order valence-corrected chi connectivity index (χ3v) is 5.95. The molecule has 1 aromatic carbocycles. The van der Waals surface area contributed by atoms with Crippen molar-refractivity contribution >= 4 is 39.6 Å². The van der Waals surface area contributed by atoms with E-state index >= 15 is 0 Å². The van der Waals surface area contributed by atoms with Gasteiger partial charge in [-0.3, -0.25) is 0 Å². The van der Waals surface area contributed by atoms with E-state index in [4.69, 9.17) is 4.74 Å². The molecule has 24 heavy (non-hydrogen) atoms. The Balaban J connectivity index is 1.36. The summed E-state index contributed by atoms with van der Waals surface area (Å²) in [5, 5.41) is 14.5. The summed E-state index contributed by atoms with van der Waals surface area (Å²) in [6.45, 7) is 1.27. The van der Waals surface area contributed by atoms with Crippen molar-refractivity contribution in [2.75, 3.05) is 24.2 Å². The van der Waals surface area contributed by atoms with Crippen LogP contribution in [0.25, 0.3) is 0 Å². The first-order valence-corrected chi connectivity index (χ1v) is 10.1. The number of aromatic nitrogens is 2. The molecule has 0 atom stereocenters. The Hall–Kier alpha value is -1.64. The van der Waals surface area contributed by atoms with E-state index in [0.29, 0.717) is 12.4 Å². The van der Waals surface area contributed by atoms with Gasteiger partial charge in [0.25, 0.3) is 0 Å². The summed E-state index contributed by atoms with van der Waals surface area (Å²) in [6.07, 6.45) is 0.982. The summed E-state index contributed by atoms with van der Waals surface area (Å²) in [7, 11) is 0. The average molecular weight is 382 g/mol. The maximum Gasteiger partial charge on any atom is 0.206 e. The zero-order valence-electron chi connectivity index (χ0n) is 12.8. The van der Waals surface area contributed by atoms with Crippen LogP contribution in [0.15, 0.2) is 46.1 Å². The molecular formula is C16H16FN3OS3. The predicted molar refractivity (Wildman–Crippen MR) is 99.0 cm³/mol. The van der Waals surface area contributed by atoms with Crippen molar-refractivity contribution in [3.05, 3.63) is 52.5 Å². The summed E-state index contributed by atoms with van der Waals surface area (Å²) in [4.78, 5) is 1.35. The van der Waals surface area contributed by atoms with Crippen molar-refractivity contribution in [3.63, 3.8) is 0 Å². The molecule has 0 amide bonds. The Bertz CT molecular complexity index is 749. The van der Waals surface area contributed by atoms with Gasteiger partial charge in [-0.05, 0) is 30.0 Å². The Morgan fingerprint density at radius 2 is 2.08 bits per heavy atom. The van der Waals surface area contributed by atoms with Gasteiger partial charge in [0.1, 0.15) is 0 Å². The van der Waals surface area contributed by atoms with Crippen molar-refractivity contribution in [2.24, 2.45) is 0 Å². The molecule has 3 rings (SSSR count). The van der Waals surface area contributed by atoms with E-state index in [1.807, 2.05) is 0 Å². The minimum Gasteiger partial charge on any atom is -0.490 e. The quantitative estimate of drug-likeness (QED) is 0.435. The van der Waals surface area contributed by atoms with Gasteiger partial charge in [-0.1, -0.05) is 41.3 Å². The molecule has 0 spiro atoms. The van der Waals surface area contributed by atoms with Crippen LogP contribution in [0.3, 0.4) is 0 Å². The molecule has 1 N–H and O–H groups in total. The Labute approximate surface area is 152 Å². The van der Waals surface area contributed by atoms with Crippen LogP contribution in [0.4, 0.5) is 9.52 Å². The number of hydrogen-bond acceptors (Lipinski definition) is 7. The number of thiophene rings is 1. The second-order valence-electron chi connectivity index (χ2n) is 4.76. The fourth-order valence-electron chi connectivity index (χ4n) is 1.93. The topological polar surface area (TPSA) is 47.0 Å². The fourth-order valence-corrected chi connectivity index (χ4v) is 4.30. The number of benzene rings is 1. The monoisotopic (exact) mass is 381 g/mol. The molecule has 0 bridgehead atoms. The molecule has 0 saturated heterocycles. The second-order valence-corrected chi connectivity index (χ2v) is 8.11. The van der Waals surface area contributed by atoms with Crippen molar-refractivity contribution in [2.45, 2.75) is 10.8 Å². The fraction of sp³-hybridized carbons (Fsp3) is 0.250. The van der Waals surface area contributed by atoms with E-state index in [1.54, 1.807) is 41.3 Å². The first-order chi connectivity index (χ1) is 11.8. The molecule has 4 nitrogen and oxygen atoms in total. The van der Waals surface area contributed by atoms with Crippen LogP contribution in [0.5, 0.6) is 5.75 Å². The molecule has 2 heterocycles. The lowest BCUT2D eigenvalue weighted by Gasteiger charge is -2.05. The van der Waals surface area contributed by atoms with Crippen LogP contribution in [0.1, 0.15) is 4.88 Å². The molecule has 0 unspecified atom stereocenters. The molecule has 0 radical (unpaired) electrons. The van der Waals surface area contributed by atoms with E-state index in [9.17, 15) is 4.39 Å². The SMILES string of the molecule is Fc1ccccc1OCCSc1nnc(NCCc2cccs2)s1. The van der Waals surface area contributed by atoms with Crippen molar-refractivity contribution in [1.29, 1.82) is 0 Å². The molecule has 0 aliphatic heterocycles. The summed E-state index contributed by atoms with van der Waals surface area (Å²) < 4.78 is 19.7. The number of ether oxygens (including phenoxy) is 1. The van der Waals surface area contributed by atoms with Crippen LogP contribution in [-0.2, 0) is 6.42 Å². The van der Waals surface area contributed by atoms with Gasteiger partial charge in [0.2, 0.25) is 5.13 Å². The molecule has 0 aliphatic carbocycles. The molecule has 0 saturated carbocycles. The molecule has 3 aromatic rings. The first-order valence-electron chi connectivity index (χ1n) is 7.41. The van der Waals surface area contributed by atoms with Crippen LogP contribution in [0, 0.1) is 5.82 Å². The lowest BCUT2D eigenvalue weighted by atomic mass is 10.3. The van der Waals surface area contributed by atoms with E-state index in [2.05, 4.69) is 33.0 Å². The highest BCUT2D eigenvalue weighted by atomic mass is 32.2. The normalized spacial score (nSPS) is 10.7. The van der Waals surface area contributed by atoms with Crippen molar-refractivity contribution in [1.82, 2.24) is 10.2 Å². The minimum absolute atomic E-state index is 0.284. The first kappa shape index (κ1) is 17.2. The molecule has 2 aromatic heterocycles. The van der Waals surface area contributed by atoms with E-state index in [1.165, 1.54) is 22.3 Å². The second kappa shape index (κ2) is 9.00. The van der Waals surface area contributed by atoms with Crippen molar-refractivity contribution in [3.8, 4) is 5.75 Å². The van der Waals surface area contributed by atoms with E-state index in [-0.39, 0.29) is 11.6 Å². The molecule has 8 heteroatoms. The molecule has 126 valence electrons. The van der Waals surface area contributed by atoms with Gasteiger partial charge in [0.15, 0.2) is 15.9 Å². The van der Waals surface area contributed by atoms with Gasteiger partial charge in [0, 0.05) is 17.2 Å². The van der Waals surface area contributed by atoms with Crippen LogP contribution >= 0.6 is 34.4 Å². The summed E-state index contributed by atoms with van der Waals surface area (Å²) >= 11 is 4.84.